The van der Waals surface area contributed by atoms with Crippen LogP contribution in [0.3, 0.4) is 0 Å². The molecule has 360 valence electrons. The molecule has 12 aromatic rings. The van der Waals surface area contributed by atoms with Crippen LogP contribution >= 0.6 is 0 Å². The third-order valence-electron chi connectivity index (χ3n) is 16.0. The monoisotopic (exact) mass is 968 g/mol. The summed E-state index contributed by atoms with van der Waals surface area (Å²) in [6.07, 6.45) is 0. The summed E-state index contributed by atoms with van der Waals surface area (Å²) in [7, 11) is 0. The molecule has 0 spiro atoms. The zero-order chi connectivity index (χ0) is 51.1. The Morgan fingerprint density at radius 2 is 0.368 bits per heavy atom. The first-order valence-electron chi connectivity index (χ1n) is 26.5. The minimum absolute atomic E-state index is 0.292. The van der Waals surface area contributed by atoms with E-state index in [1.54, 1.807) is 0 Å². The van der Waals surface area contributed by atoms with Gasteiger partial charge in [-0.2, -0.15) is 0 Å². The van der Waals surface area contributed by atoms with E-state index in [-0.39, 0.29) is 5.41 Å². The molecule has 1 aliphatic rings. The quantitative estimate of drug-likeness (QED) is 0.128. The molecule has 0 bridgehead atoms. The van der Waals surface area contributed by atoms with Gasteiger partial charge in [0.1, 0.15) is 0 Å². The predicted molar refractivity (Wildman–Crippen MR) is 320 cm³/mol. The molecule has 0 nitrogen and oxygen atoms in total. The van der Waals surface area contributed by atoms with Crippen molar-refractivity contribution in [1.29, 1.82) is 0 Å². The molecule has 0 aliphatic heterocycles. The van der Waals surface area contributed by atoms with Gasteiger partial charge in [-0.15, -0.1) is 0 Å². The molecular formula is C76H56. The average molecular weight is 969 g/mol. The highest BCUT2D eigenvalue weighted by molar-refractivity contribution is 5.86. The Hall–Kier alpha value is -9.36. The molecule has 0 unspecified atom stereocenters. The Kier molecular flexibility index (Phi) is 11.9. The maximum Gasteiger partial charge on any atom is 0.0708 e. The highest BCUT2D eigenvalue weighted by Crippen LogP contribution is 2.57. The Balaban J connectivity index is 1.15. The summed E-state index contributed by atoms with van der Waals surface area (Å²) in [5.74, 6) is 0. The summed E-state index contributed by atoms with van der Waals surface area (Å²) >= 11 is 0. The van der Waals surface area contributed by atoms with Crippen LogP contribution in [0.2, 0.25) is 0 Å². The van der Waals surface area contributed by atoms with E-state index >= 15 is 0 Å². The standard InChI is InChI=1S/C76H56/c1-75(2)71-39-15-17-41-73(71)76(74-42-18-16-40-72(74)75,69-49-65(61-35-19-31-57(43-61)53-23-7-3-8-24-53)47-66(50-69)62-36-20-32-58(44-62)54-25-9-4-10-26-54)70-51-67(63-37-21-33-59(45-63)55-27-11-5-12-28-55)48-68(52-70)64-38-22-34-60(46-64)56-29-13-6-14-30-56/h3-52H,1-2H3. The fourth-order valence-electron chi connectivity index (χ4n) is 12.2. The third-order valence-corrected chi connectivity index (χ3v) is 16.0. The molecule has 1 aliphatic carbocycles. The lowest BCUT2D eigenvalue weighted by atomic mass is 9.54. The summed E-state index contributed by atoms with van der Waals surface area (Å²) < 4.78 is 0. The normalized spacial score (nSPS) is 13.1. The zero-order valence-corrected chi connectivity index (χ0v) is 42.9. The summed E-state index contributed by atoms with van der Waals surface area (Å²) in [4.78, 5) is 0. The van der Waals surface area contributed by atoms with Crippen molar-refractivity contribution < 1.29 is 0 Å². The van der Waals surface area contributed by atoms with Crippen molar-refractivity contribution in [1.82, 2.24) is 0 Å². The largest absolute Gasteiger partial charge is 0.0708 e. The van der Waals surface area contributed by atoms with E-state index in [1.165, 1.54) is 100 Å². The Bertz CT molecular complexity index is 3580. The van der Waals surface area contributed by atoms with Crippen LogP contribution in [0, 0.1) is 0 Å². The van der Waals surface area contributed by atoms with Crippen LogP contribution in [0.15, 0.2) is 303 Å². The van der Waals surface area contributed by atoms with Gasteiger partial charge in [0, 0.05) is 5.41 Å². The van der Waals surface area contributed by atoms with E-state index in [0.29, 0.717) is 0 Å². The lowest BCUT2D eigenvalue weighted by molar-refractivity contribution is 0.559. The second kappa shape index (κ2) is 19.5. The maximum atomic E-state index is 2.51. The second-order valence-electron chi connectivity index (χ2n) is 20.9. The van der Waals surface area contributed by atoms with E-state index in [0.717, 1.165) is 22.3 Å². The minimum atomic E-state index is -0.791. The molecule has 0 atom stereocenters. The van der Waals surface area contributed by atoms with Crippen molar-refractivity contribution >= 4 is 0 Å². The van der Waals surface area contributed by atoms with Gasteiger partial charge in [-0.25, -0.2) is 0 Å². The Labute approximate surface area is 448 Å². The topological polar surface area (TPSA) is 0 Å². The van der Waals surface area contributed by atoms with Gasteiger partial charge in [-0.3, -0.25) is 0 Å². The number of rotatable bonds is 10. The van der Waals surface area contributed by atoms with Crippen molar-refractivity contribution in [2.24, 2.45) is 0 Å². The van der Waals surface area contributed by atoms with Crippen LogP contribution in [0.1, 0.15) is 47.2 Å². The van der Waals surface area contributed by atoms with Gasteiger partial charge in [-0.1, -0.05) is 257 Å². The Morgan fingerprint density at radius 1 is 0.171 bits per heavy atom. The molecule has 12 aromatic carbocycles. The van der Waals surface area contributed by atoms with E-state index in [4.69, 9.17) is 0 Å². The van der Waals surface area contributed by atoms with Gasteiger partial charge in [-0.05, 0) is 183 Å². The molecule has 0 aromatic heterocycles. The lowest BCUT2D eigenvalue weighted by Gasteiger charge is -2.48. The fourth-order valence-corrected chi connectivity index (χ4v) is 12.2. The van der Waals surface area contributed by atoms with Crippen LogP contribution in [-0.4, -0.2) is 0 Å². The molecule has 0 saturated heterocycles. The molecule has 0 heteroatoms. The molecule has 0 saturated carbocycles. The molecule has 76 heavy (non-hydrogen) atoms. The average Bonchev–Trinajstić information content (AvgIpc) is 3.54. The number of benzene rings is 12. The SMILES string of the molecule is CC1(C)c2ccccc2C(c2cc(-c3cccc(-c4ccccc4)c3)cc(-c3cccc(-c4ccccc4)c3)c2)(c2cc(-c3cccc(-c4ccccc4)c3)cc(-c3cccc(-c4ccccc4)c3)c2)c2ccccc21. The molecule has 0 radical (unpaired) electrons. The fraction of sp³-hybridized carbons (Fsp3) is 0.0526. The van der Waals surface area contributed by atoms with Gasteiger partial charge >= 0.3 is 0 Å². The first-order chi connectivity index (χ1) is 37.4. The van der Waals surface area contributed by atoms with Crippen molar-refractivity contribution in [3.05, 3.63) is 337 Å². The zero-order valence-electron chi connectivity index (χ0n) is 42.9. The van der Waals surface area contributed by atoms with E-state index in [9.17, 15) is 0 Å². The van der Waals surface area contributed by atoms with Gasteiger partial charge in [0.2, 0.25) is 0 Å². The first-order valence-corrected chi connectivity index (χ1v) is 26.5. The molecule has 0 amide bonds. The van der Waals surface area contributed by atoms with Crippen LogP contribution in [0.4, 0.5) is 0 Å². The number of hydrogen-bond donors (Lipinski definition) is 0. The van der Waals surface area contributed by atoms with E-state index < -0.39 is 5.41 Å². The van der Waals surface area contributed by atoms with Gasteiger partial charge < -0.3 is 0 Å². The van der Waals surface area contributed by atoms with Crippen molar-refractivity contribution in [2.45, 2.75) is 24.7 Å². The third kappa shape index (κ3) is 8.39. The van der Waals surface area contributed by atoms with E-state index in [2.05, 4.69) is 317 Å². The van der Waals surface area contributed by atoms with Crippen molar-refractivity contribution in [3.63, 3.8) is 0 Å². The molecular weight excluding hydrogens is 913 g/mol. The number of hydrogen-bond acceptors (Lipinski definition) is 0. The molecule has 13 rings (SSSR count). The Morgan fingerprint density at radius 3 is 0.632 bits per heavy atom. The number of fused-ring (bicyclic) bond motifs is 2. The molecule has 0 fully saturated rings. The summed E-state index contributed by atoms with van der Waals surface area (Å²) in [5, 5.41) is 0. The van der Waals surface area contributed by atoms with Crippen LogP contribution < -0.4 is 0 Å². The molecule has 0 heterocycles. The van der Waals surface area contributed by atoms with Crippen molar-refractivity contribution in [3.8, 4) is 89.0 Å². The summed E-state index contributed by atoms with van der Waals surface area (Å²) in [6, 6.07) is 113. The summed E-state index contributed by atoms with van der Waals surface area (Å²) in [6.45, 7) is 4.82. The molecule has 0 N–H and O–H groups in total. The maximum absolute atomic E-state index is 2.51. The van der Waals surface area contributed by atoms with Crippen LogP contribution in [0.25, 0.3) is 89.0 Å². The van der Waals surface area contributed by atoms with Crippen LogP contribution in [0.5, 0.6) is 0 Å². The highest BCUT2D eigenvalue weighted by Gasteiger charge is 2.49. The smallest absolute Gasteiger partial charge is 0.0622 e. The van der Waals surface area contributed by atoms with Crippen LogP contribution in [-0.2, 0) is 10.8 Å². The van der Waals surface area contributed by atoms with Gasteiger partial charge in [0.05, 0.1) is 5.41 Å². The van der Waals surface area contributed by atoms with Gasteiger partial charge in [0.25, 0.3) is 0 Å². The first kappa shape index (κ1) is 46.4. The predicted octanol–water partition coefficient (Wildman–Crippen LogP) is 20.0. The summed E-state index contributed by atoms with van der Waals surface area (Å²) in [5.41, 5.74) is 25.4. The minimum Gasteiger partial charge on any atom is -0.0622 e. The second-order valence-corrected chi connectivity index (χ2v) is 20.9. The lowest BCUT2D eigenvalue weighted by Crippen LogP contribution is -2.42. The van der Waals surface area contributed by atoms with E-state index in [1.807, 2.05) is 0 Å². The highest BCUT2D eigenvalue weighted by atomic mass is 14.5. The van der Waals surface area contributed by atoms with Crippen molar-refractivity contribution in [2.75, 3.05) is 0 Å². The van der Waals surface area contributed by atoms with Gasteiger partial charge in [0.15, 0.2) is 0 Å².